The van der Waals surface area contributed by atoms with Crippen LogP contribution in [-0.4, -0.2) is 142 Å². The van der Waals surface area contributed by atoms with E-state index in [1.54, 1.807) is 12.2 Å². The second-order valence-electron chi connectivity index (χ2n) is 18.2. The van der Waals surface area contributed by atoms with Crippen molar-refractivity contribution in [3.63, 3.8) is 0 Å². The van der Waals surface area contributed by atoms with Crippen molar-refractivity contribution < 1.29 is 73.8 Å². The Morgan fingerprint density at radius 1 is 0.561 bits per heavy atom. The van der Waals surface area contributed by atoms with E-state index < -0.39 is 99.3 Å². The zero-order valence-electron chi connectivity index (χ0n) is 40.3. The smallest absolute Gasteiger partial charge is 0.331 e. The van der Waals surface area contributed by atoms with Gasteiger partial charge in [-0.05, 0) is 32.1 Å². The summed E-state index contributed by atoms with van der Waals surface area (Å²) in [6, 6.07) is 0. The van der Waals surface area contributed by atoms with E-state index in [4.69, 9.17) is 28.4 Å². The van der Waals surface area contributed by atoms with Crippen LogP contribution in [0.1, 0.15) is 180 Å². The van der Waals surface area contributed by atoms with Crippen LogP contribution >= 0.6 is 0 Å². The first-order chi connectivity index (χ1) is 32.0. The van der Waals surface area contributed by atoms with Crippen molar-refractivity contribution in [2.24, 2.45) is 0 Å². The van der Waals surface area contributed by atoms with E-state index in [9.17, 15) is 45.3 Å². The third-order valence-corrected chi connectivity index (χ3v) is 12.3. The Bertz CT molecular complexity index is 1280. The fraction of sp³-hybridized carbons (Fsp3) is 0.843. The Labute approximate surface area is 395 Å². The number of ether oxygens (including phenoxy) is 6. The molecule has 11 atom stereocenters. The normalized spacial score (nSPS) is 26.2. The maximum Gasteiger partial charge on any atom is 0.331 e. The van der Waals surface area contributed by atoms with Gasteiger partial charge in [-0.25, -0.2) is 4.79 Å². The fourth-order valence-electron chi connectivity index (χ4n) is 8.10. The fourth-order valence-corrected chi connectivity index (χ4v) is 8.10. The van der Waals surface area contributed by atoms with E-state index in [2.05, 4.69) is 13.5 Å². The van der Waals surface area contributed by atoms with Gasteiger partial charge in [-0.1, -0.05) is 166 Å². The van der Waals surface area contributed by atoms with E-state index in [0.717, 1.165) is 44.9 Å². The zero-order valence-corrected chi connectivity index (χ0v) is 40.3. The topological polar surface area (TPSA) is 231 Å². The molecule has 2 heterocycles. The molecule has 2 fully saturated rings. The Kier molecular flexibility index (Phi) is 35.0. The minimum absolute atomic E-state index is 0.197. The molecule has 0 radical (unpaired) electrons. The van der Waals surface area contributed by atoms with Gasteiger partial charge in [0.1, 0.15) is 55.4 Å². The van der Waals surface area contributed by atoms with E-state index in [-0.39, 0.29) is 13.0 Å². The highest BCUT2D eigenvalue weighted by Gasteiger charge is 2.47. The highest BCUT2D eigenvalue weighted by Crippen LogP contribution is 2.26. The molecule has 384 valence electrons. The minimum atomic E-state index is -1.78. The van der Waals surface area contributed by atoms with Gasteiger partial charge in [-0.3, -0.25) is 4.79 Å². The van der Waals surface area contributed by atoms with E-state index in [1.807, 2.05) is 12.2 Å². The molecule has 0 bridgehead atoms. The number of unbranched alkanes of at least 4 members (excludes halogenated alkanes) is 24. The molecule has 15 heteroatoms. The van der Waals surface area contributed by atoms with Crippen molar-refractivity contribution in [1.82, 2.24) is 0 Å². The summed E-state index contributed by atoms with van der Waals surface area (Å²) in [4.78, 5) is 25.6. The van der Waals surface area contributed by atoms with E-state index in [0.29, 0.717) is 6.42 Å². The van der Waals surface area contributed by atoms with Gasteiger partial charge in [0.15, 0.2) is 18.7 Å². The van der Waals surface area contributed by atoms with Gasteiger partial charge in [0.2, 0.25) is 0 Å². The number of hydrogen-bond donors (Lipinski definition) is 7. The molecule has 0 aliphatic carbocycles. The number of hydrogen-bond acceptors (Lipinski definition) is 15. The number of carbonyl (C=O) groups is 2. The molecule has 0 saturated carbocycles. The summed E-state index contributed by atoms with van der Waals surface area (Å²) >= 11 is 0. The quantitative estimate of drug-likeness (QED) is 0.0109. The van der Waals surface area contributed by atoms with Gasteiger partial charge in [-0.15, -0.1) is 6.58 Å². The maximum absolute atomic E-state index is 12.9. The van der Waals surface area contributed by atoms with Gasteiger partial charge in [0.25, 0.3) is 0 Å². The largest absolute Gasteiger partial charge is 0.462 e. The van der Waals surface area contributed by atoms with Crippen LogP contribution in [0.5, 0.6) is 0 Å². The Balaban J connectivity index is 1.84. The van der Waals surface area contributed by atoms with Crippen LogP contribution < -0.4 is 0 Å². The monoisotopic (exact) mass is 943 g/mol. The second kappa shape index (κ2) is 38.6. The van der Waals surface area contributed by atoms with Crippen LogP contribution in [0.4, 0.5) is 0 Å². The number of esters is 2. The minimum Gasteiger partial charge on any atom is -0.462 e. The van der Waals surface area contributed by atoms with Gasteiger partial charge in [0, 0.05) is 12.5 Å². The van der Waals surface area contributed by atoms with Gasteiger partial charge >= 0.3 is 11.9 Å². The molecule has 2 aliphatic rings. The summed E-state index contributed by atoms with van der Waals surface area (Å²) in [6.07, 6.45) is 22.7. The Morgan fingerprint density at radius 3 is 1.56 bits per heavy atom. The summed E-state index contributed by atoms with van der Waals surface area (Å²) in [5.74, 6) is -1.18. The molecule has 2 aliphatic heterocycles. The molecular weight excluding hydrogens is 853 g/mol. The molecule has 2 rings (SSSR count). The lowest BCUT2D eigenvalue weighted by Gasteiger charge is -2.42. The molecule has 15 nitrogen and oxygen atoms in total. The summed E-state index contributed by atoms with van der Waals surface area (Å²) < 4.78 is 33.4. The van der Waals surface area contributed by atoms with Gasteiger partial charge in [0.05, 0.1) is 19.8 Å². The zero-order chi connectivity index (χ0) is 48.2. The van der Waals surface area contributed by atoms with Crippen molar-refractivity contribution in [1.29, 1.82) is 0 Å². The van der Waals surface area contributed by atoms with Crippen LogP contribution in [-0.2, 0) is 38.0 Å². The number of aliphatic hydroxyl groups excluding tert-OH is 7. The van der Waals surface area contributed by atoms with Crippen LogP contribution in [0.15, 0.2) is 37.0 Å². The third-order valence-electron chi connectivity index (χ3n) is 12.3. The predicted molar refractivity (Wildman–Crippen MR) is 252 cm³/mol. The highest BCUT2D eigenvalue weighted by atomic mass is 16.7. The molecule has 66 heavy (non-hydrogen) atoms. The number of rotatable bonds is 40. The van der Waals surface area contributed by atoms with E-state index in [1.165, 1.54) is 122 Å². The standard InChI is InChI=1S/C51H90O15/c1-3-5-7-9-11-13-15-17-19-21-23-25-27-29-31-33-42(53)61-36-39(64-43(54)34-32-30-28-26-24-22-20-18-16-14-12-10-8-6-4-2)37-62-50-49(60)47(58)45(56)41(66-50)38-63-51-48(59)46(57)44(55)40(35-52)65-51/h3,28,30,32,34,39-41,44-52,55-60H,1,4-27,29,31,33,35-38H2,2H3/b30-28+,34-32+/t39-,40-,41-,44+,45+,46?,47?,48?,49?,50-,51-/m1/s1. The SMILES string of the molecule is C=CCCCCCCCCCCCCCCCC(=O)OC[C@H](CO[C@@H]1O[C@H](CO[C@@H]2O[C@H](CO)[C@H](O)C(O)C2O)[C@H](O)C(O)C1O)OC(=O)/C=C/C=C/CCCCCCCCCCCCC. The van der Waals surface area contributed by atoms with Crippen molar-refractivity contribution in [3.8, 4) is 0 Å². The van der Waals surface area contributed by atoms with Crippen LogP contribution in [0.3, 0.4) is 0 Å². The summed E-state index contributed by atoms with van der Waals surface area (Å²) in [6.45, 7) is 4.01. The molecule has 0 amide bonds. The lowest BCUT2D eigenvalue weighted by Crippen LogP contribution is -2.61. The lowest BCUT2D eigenvalue weighted by molar-refractivity contribution is -0.332. The lowest BCUT2D eigenvalue weighted by atomic mass is 9.98. The molecule has 2 saturated heterocycles. The number of carbonyl (C=O) groups excluding carboxylic acids is 2. The summed E-state index contributed by atoms with van der Waals surface area (Å²) in [5.41, 5.74) is 0. The Morgan fingerprint density at radius 2 is 1.03 bits per heavy atom. The average Bonchev–Trinajstić information content (AvgIpc) is 3.31. The predicted octanol–water partition coefficient (Wildman–Crippen LogP) is 6.93. The first-order valence-electron chi connectivity index (χ1n) is 25.6. The van der Waals surface area contributed by atoms with Crippen LogP contribution in [0, 0.1) is 0 Å². The summed E-state index contributed by atoms with van der Waals surface area (Å²) in [5, 5.41) is 72.0. The molecule has 0 aromatic rings. The maximum atomic E-state index is 12.9. The average molecular weight is 943 g/mol. The van der Waals surface area contributed by atoms with Crippen LogP contribution in [0.2, 0.25) is 0 Å². The van der Waals surface area contributed by atoms with Crippen molar-refractivity contribution in [2.45, 2.75) is 248 Å². The van der Waals surface area contributed by atoms with Crippen LogP contribution in [0.25, 0.3) is 0 Å². The molecule has 0 aromatic carbocycles. The van der Waals surface area contributed by atoms with Gasteiger partial charge in [-0.2, -0.15) is 0 Å². The van der Waals surface area contributed by atoms with Gasteiger partial charge < -0.3 is 64.2 Å². The van der Waals surface area contributed by atoms with Crippen molar-refractivity contribution in [3.05, 3.63) is 37.0 Å². The van der Waals surface area contributed by atoms with E-state index >= 15 is 0 Å². The third kappa shape index (κ3) is 26.5. The first-order valence-corrected chi connectivity index (χ1v) is 25.6. The number of aliphatic hydroxyl groups is 7. The summed E-state index contributed by atoms with van der Waals surface area (Å²) in [7, 11) is 0. The molecule has 4 unspecified atom stereocenters. The van der Waals surface area contributed by atoms with Crippen molar-refractivity contribution in [2.75, 3.05) is 26.4 Å². The highest BCUT2D eigenvalue weighted by molar-refractivity contribution is 5.82. The first kappa shape index (κ1) is 59.8. The Hall–Kier alpha value is -2.28. The molecule has 0 spiro atoms. The molecule has 0 aromatic heterocycles. The van der Waals surface area contributed by atoms with Crippen molar-refractivity contribution >= 4 is 11.9 Å². The number of allylic oxidation sites excluding steroid dienone is 4. The molecule has 7 N–H and O–H groups in total. The molecular formula is C51H90O15. The second-order valence-corrected chi connectivity index (χ2v) is 18.2.